The van der Waals surface area contributed by atoms with Gasteiger partial charge in [0.25, 0.3) is 11.5 Å². The SMILES string of the molecule is CCN(c1cc(C#CC2CC2)cc(C(=O)NCc2c(C)cc(C)[nH]c2=O)c1C)[C@H]1CC[C@H](N(C)C)CC1. The summed E-state index contributed by atoms with van der Waals surface area (Å²) < 4.78 is 0. The Morgan fingerprint density at radius 3 is 2.30 bits per heavy atom. The van der Waals surface area contributed by atoms with Crippen LogP contribution in [0.15, 0.2) is 23.0 Å². The van der Waals surface area contributed by atoms with Crippen molar-refractivity contribution in [1.29, 1.82) is 0 Å². The first-order valence-corrected chi connectivity index (χ1v) is 13.7. The molecule has 0 aliphatic heterocycles. The minimum absolute atomic E-state index is 0.148. The molecule has 6 heteroatoms. The predicted octanol–water partition coefficient (Wildman–Crippen LogP) is 4.69. The summed E-state index contributed by atoms with van der Waals surface area (Å²) in [6.07, 6.45) is 6.99. The van der Waals surface area contributed by atoms with Crippen LogP contribution in [0.5, 0.6) is 0 Å². The monoisotopic (exact) mass is 502 g/mol. The number of H-pyrrole nitrogens is 1. The topological polar surface area (TPSA) is 68.4 Å². The maximum Gasteiger partial charge on any atom is 0.253 e. The van der Waals surface area contributed by atoms with Gasteiger partial charge in [-0.3, -0.25) is 9.59 Å². The Morgan fingerprint density at radius 1 is 1.03 bits per heavy atom. The highest BCUT2D eigenvalue weighted by molar-refractivity contribution is 5.97. The Bertz CT molecular complexity index is 1250. The number of anilines is 1. The summed E-state index contributed by atoms with van der Waals surface area (Å²) in [5.41, 5.74) is 5.75. The molecule has 198 valence electrons. The number of hydrogen-bond acceptors (Lipinski definition) is 4. The molecule has 2 aliphatic rings. The lowest BCUT2D eigenvalue weighted by Gasteiger charge is -2.40. The van der Waals surface area contributed by atoms with Crippen LogP contribution in [0.2, 0.25) is 0 Å². The zero-order valence-corrected chi connectivity index (χ0v) is 23.3. The molecular formula is C31H42N4O2. The number of carbonyl (C=O) groups is 1. The normalized spacial score (nSPS) is 19.3. The van der Waals surface area contributed by atoms with Gasteiger partial charge < -0.3 is 20.1 Å². The number of aromatic amines is 1. The van der Waals surface area contributed by atoms with Crippen molar-refractivity contribution in [3.05, 3.63) is 62.1 Å². The second-order valence-electron chi connectivity index (χ2n) is 11.0. The van der Waals surface area contributed by atoms with Gasteiger partial charge in [-0.15, -0.1) is 0 Å². The minimum Gasteiger partial charge on any atom is -0.369 e. The van der Waals surface area contributed by atoms with Crippen molar-refractivity contribution in [3.8, 4) is 11.8 Å². The van der Waals surface area contributed by atoms with Crippen molar-refractivity contribution in [2.75, 3.05) is 25.5 Å². The van der Waals surface area contributed by atoms with Gasteiger partial charge in [0.1, 0.15) is 0 Å². The molecule has 1 amide bonds. The highest BCUT2D eigenvalue weighted by Gasteiger charge is 2.28. The van der Waals surface area contributed by atoms with Crippen LogP contribution in [0.1, 0.15) is 83.8 Å². The fourth-order valence-electron chi connectivity index (χ4n) is 5.60. The van der Waals surface area contributed by atoms with Crippen LogP contribution in [0, 0.1) is 38.5 Å². The number of hydrogen-bond donors (Lipinski definition) is 2. The zero-order chi connectivity index (χ0) is 26.7. The Morgan fingerprint density at radius 2 is 1.70 bits per heavy atom. The van der Waals surface area contributed by atoms with Crippen molar-refractivity contribution in [1.82, 2.24) is 15.2 Å². The van der Waals surface area contributed by atoms with E-state index in [0.29, 0.717) is 29.1 Å². The molecular weight excluding hydrogens is 460 g/mol. The standard InChI is InChI=1S/C31H42N4O2/c1-7-35(26-14-12-25(13-15-26)34(5)6)29-18-24(11-10-23-8-9-23)17-27(22(29)4)30(36)32-19-28-20(2)16-21(3)33-31(28)37/h16-18,23,25-26H,7-9,12-15,19H2,1-6H3,(H,32,36)(H,33,37)/t25-,26-. The fourth-order valence-corrected chi connectivity index (χ4v) is 5.60. The summed E-state index contributed by atoms with van der Waals surface area (Å²) in [5.74, 6) is 7.04. The van der Waals surface area contributed by atoms with Gasteiger partial charge in [-0.25, -0.2) is 0 Å². The number of aromatic nitrogens is 1. The average Bonchev–Trinajstić information content (AvgIpc) is 3.68. The van der Waals surface area contributed by atoms with Gasteiger partial charge in [-0.05, 0) is 110 Å². The van der Waals surface area contributed by atoms with Gasteiger partial charge in [0, 0.05) is 59.2 Å². The van der Waals surface area contributed by atoms with Crippen LogP contribution >= 0.6 is 0 Å². The number of nitrogens with zero attached hydrogens (tertiary/aromatic N) is 2. The first-order chi connectivity index (χ1) is 17.7. The third-order valence-electron chi connectivity index (χ3n) is 8.03. The molecule has 0 bridgehead atoms. The maximum absolute atomic E-state index is 13.5. The molecule has 2 N–H and O–H groups in total. The van der Waals surface area contributed by atoms with Crippen molar-refractivity contribution in [2.45, 2.75) is 84.8 Å². The van der Waals surface area contributed by atoms with Crippen LogP contribution in [0.25, 0.3) is 0 Å². The van der Waals surface area contributed by atoms with E-state index >= 15 is 0 Å². The molecule has 1 aromatic carbocycles. The van der Waals surface area contributed by atoms with Gasteiger partial charge in [0.05, 0.1) is 0 Å². The molecule has 2 aliphatic carbocycles. The molecule has 4 rings (SSSR count). The summed E-state index contributed by atoms with van der Waals surface area (Å²) in [7, 11) is 4.34. The van der Waals surface area contributed by atoms with Crippen molar-refractivity contribution >= 4 is 11.6 Å². The smallest absolute Gasteiger partial charge is 0.253 e. The quantitative estimate of drug-likeness (QED) is 0.539. The number of benzene rings is 1. The lowest BCUT2D eigenvalue weighted by molar-refractivity contribution is 0.0950. The van der Waals surface area contributed by atoms with Crippen LogP contribution in [-0.2, 0) is 6.54 Å². The van der Waals surface area contributed by atoms with Crippen LogP contribution < -0.4 is 15.8 Å². The number of rotatable bonds is 7. The van der Waals surface area contributed by atoms with Crippen LogP contribution in [0.3, 0.4) is 0 Å². The number of aryl methyl sites for hydroxylation is 2. The minimum atomic E-state index is -0.166. The number of amides is 1. The Hall–Kier alpha value is -3.04. The van der Waals surface area contributed by atoms with Crippen molar-refractivity contribution in [2.24, 2.45) is 5.92 Å². The Balaban J connectivity index is 1.63. The van der Waals surface area contributed by atoms with Gasteiger partial charge in [-0.1, -0.05) is 11.8 Å². The lowest BCUT2D eigenvalue weighted by atomic mass is 9.88. The maximum atomic E-state index is 13.5. The fraction of sp³-hybridized carbons (Fsp3) is 0.548. The molecule has 2 aromatic rings. The zero-order valence-electron chi connectivity index (χ0n) is 23.3. The molecule has 1 aromatic heterocycles. The molecule has 0 atom stereocenters. The highest BCUT2D eigenvalue weighted by Crippen LogP contribution is 2.33. The summed E-state index contributed by atoms with van der Waals surface area (Å²) >= 11 is 0. The summed E-state index contributed by atoms with van der Waals surface area (Å²) in [6, 6.07) is 7.13. The van der Waals surface area contributed by atoms with Crippen LogP contribution in [0.4, 0.5) is 5.69 Å². The van der Waals surface area contributed by atoms with E-state index in [2.05, 4.69) is 59.0 Å². The number of carbonyl (C=O) groups excluding carboxylic acids is 1. The first kappa shape index (κ1) is 27.0. The second kappa shape index (κ2) is 11.6. The summed E-state index contributed by atoms with van der Waals surface area (Å²) in [5, 5.41) is 3.01. The summed E-state index contributed by atoms with van der Waals surface area (Å²) in [4.78, 5) is 33.6. The molecule has 2 saturated carbocycles. The number of nitrogens with one attached hydrogen (secondary N) is 2. The molecule has 0 radical (unpaired) electrons. The molecule has 37 heavy (non-hydrogen) atoms. The van der Waals surface area contributed by atoms with E-state index < -0.39 is 0 Å². The second-order valence-corrected chi connectivity index (χ2v) is 11.0. The van der Waals surface area contributed by atoms with Crippen molar-refractivity contribution < 1.29 is 4.79 Å². The van der Waals surface area contributed by atoms with E-state index in [0.717, 1.165) is 47.5 Å². The van der Waals surface area contributed by atoms with E-state index in [1.165, 1.54) is 25.7 Å². The molecule has 0 saturated heterocycles. The van der Waals surface area contributed by atoms with E-state index in [9.17, 15) is 9.59 Å². The molecule has 2 fully saturated rings. The van der Waals surface area contributed by atoms with Crippen molar-refractivity contribution in [3.63, 3.8) is 0 Å². The van der Waals surface area contributed by atoms with Gasteiger partial charge >= 0.3 is 0 Å². The lowest BCUT2D eigenvalue weighted by Crippen LogP contribution is -2.42. The average molecular weight is 503 g/mol. The molecule has 6 nitrogen and oxygen atoms in total. The Kier molecular flexibility index (Phi) is 8.44. The predicted molar refractivity (Wildman–Crippen MR) is 151 cm³/mol. The van der Waals surface area contributed by atoms with Crippen LogP contribution in [-0.4, -0.2) is 48.5 Å². The van der Waals surface area contributed by atoms with E-state index in [1.807, 2.05) is 32.9 Å². The first-order valence-electron chi connectivity index (χ1n) is 13.7. The number of pyridine rings is 1. The highest BCUT2D eigenvalue weighted by atomic mass is 16.1. The van der Waals surface area contributed by atoms with Gasteiger partial charge in [0.2, 0.25) is 0 Å². The summed E-state index contributed by atoms with van der Waals surface area (Å²) in [6.45, 7) is 9.09. The molecule has 0 spiro atoms. The van der Waals surface area contributed by atoms with Gasteiger partial charge in [-0.2, -0.15) is 0 Å². The third kappa shape index (κ3) is 6.45. The van der Waals surface area contributed by atoms with E-state index in [4.69, 9.17) is 0 Å². The van der Waals surface area contributed by atoms with E-state index in [-0.39, 0.29) is 18.0 Å². The largest absolute Gasteiger partial charge is 0.369 e. The Labute approximate surface area is 221 Å². The third-order valence-corrected chi connectivity index (χ3v) is 8.03. The molecule has 0 unspecified atom stereocenters. The van der Waals surface area contributed by atoms with E-state index in [1.54, 1.807) is 0 Å². The van der Waals surface area contributed by atoms with Gasteiger partial charge in [0.15, 0.2) is 0 Å². The molecule has 1 heterocycles.